The zero-order valence-corrected chi connectivity index (χ0v) is 16.4. The number of aromatic nitrogens is 2. The highest BCUT2D eigenvalue weighted by molar-refractivity contribution is 6.04. The van der Waals surface area contributed by atoms with Gasteiger partial charge in [-0.15, -0.1) is 0 Å². The third-order valence-corrected chi connectivity index (χ3v) is 5.19. The number of fused-ring (bicyclic) bond motifs is 1. The number of carbonyl (C=O) groups is 2. The summed E-state index contributed by atoms with van der Waals surface area (Å²) in [5, 5.41) is 4.44. The smallest absolute Gasteiger partial charge is 0.339 e. The largest absolute Gasteiger partial charge is 0.452 e. The van der Waals surface area contributed by atoms with Gasteiger partial charge in [-0.2, -0.15) is 0 Å². The van der Waals surface area contributed by atoms with E-state index in [4.69, 9.17) is 9.26 Å². The molecule has 3 aromatic rings. The van der Waals surface area contributed by atoms with Crippen molar-refractivity contribution < 1.29 is 18.8 Å². The molecule has 1 fully saturated rings. The molecule has 1 saturated heterocycles. The lowest BCUT2D eigenvalue weighted by atomic mass is 10.1. The standard InChI is InChI=1S/C22H23N3O4/c1-15-20-17(22(27)28-14-19(26)25-11-7-2-3-8-12-25)13-18(23-21(20)29-24-15)16-9-5-4-6-10-16/h4-6,9-10,13H,2-3,7-8,11-12,14H2,1H3. The number of carbonyl (C=O) groups excluding carboxylic acids is 2. The highest BCUT2D eigenvalue weighted by Gasteiger charge is 2.22. The first kappa shape index (κ1) is 19.1. The van der Waals surface area contributed by atoms with E-state index in [1.54, 1.807) is 17.9 Å². The van der Waals surface area contributed by atoms with Gasteiger partial charge in [-0.1, -0.05) is 48.3 Å². The lowest BCUT2D eigenvalue weighted by Crippen LogP contribution is -2.35. The molecule has 1 aliphatic rings. The van der Waals surface area contributed by atoms with Gasteiger partial charge in [-0.3, -0.25) is 4.79 Å². The zero-order chi connectivity index (χ0) is 20.2. The molecule has 0 radical (unpaired) electrons. The summed E-state index contributed by atoms with van der Waals surface area (Å²) in [6, 6.07) is 11.2. The van der Waals surface area contributed by atoms with Crippen molar-refractivity contribution in [3.05, 3.63) is 47.7 Å². The van der Waals surface area contributed by atoms with E-state index < -0.39 is 5.97 Å². The summed E-state index contributed by atoms with van der Waals surface area (Å²) in [7, 11) is 0. The second-order valence-corrected chi connectivity index (χ2v) is 7.24. The van der Waals surface area contributed by atoms with E-state index in [-0.39, 0.29) is 18.2 Å². The SMILES string of the molecule is Cc1noc2nc(-c3ccccc3)cc(C(=O)OCC(=O)N3CCCCCC3)c12. The molecule has 4 rings (SSSR count). The van der Waals surface area contributed by atoms with Crippen molar-refractivity contribution in [1.29, 1.82) is 0 Å². The van der Waals surface area contributed by atoms with Crippen molar-refractivity contribution in [2.24, 2.45) is 0 Å². The van der Waals surface area contributed by atoms with E-state index in [0.29, 0.717) is 22.3 Å². The quantitative estimate of drug-likeness (QED) is 0.628. The van der Waals surface area contributed by atoms with Crippen molar-refractivity contribution in [1.82, 2.24) is 15.0 Å². The first-order valence-corrected chi connectivity index (χ1v) is 9.91. The second-order valence-electron chi connectivity index (χ2n) is 7.24. The summed E-state index contributed by atoms with van der Waals surface area (Å²) < 4.78 is 10.7. The van der Waals surface area contributed by atoms with Crippen molar-refractivity contribution in [2.45, 2.75) is 32.6 Å². The van der Waals surface area contributed by atoms with E-state index in [9.17, 15) is 9.59 Å². The summed E-state index contributed by atoms with van der Waals surface area (Å²) in [6.07, 6.45) is 4.25. The second kappa shape index (κ2) is 8.43. The first-order chi connectivity index (χ1) is 14.1. The van der Waals surface area contributed by atoms with Gasteiger partial charge in [0, 0.05) is 18.7 Å². The van der Waals surface area contributed by atoms with Crippen LogP contribution in [-0.2, 0) is 9.53 Å². The Hall–Kier alpha value is -3.22. The number of rotatable bonds is 4. The van der Waals surface area contributed by atoms with E-state index in [2.05, 4.69) is 10.1 Å². The summed E-state index contributed by atoms with van der Waals surface area (Å²) in [5.41, 5.74) is 2.56. The van der Waals surface area contributed by atoms with Crippen LogP contribution in [0.5, 0.6) is 0 Å². The average molecular weight is 393 g/mol. The van der Waals surface area contributed by atoms with Crippen LogP contribution in [0.15, 0.2) is 40.9 Å². The zero-order valence-electron chi connectivity index (χ0n) is 16.4. The van der Waals surface area contributed by atoms with Gasteiger partial charge in [0.25, 0.3) is 11.6 Å². The van der Waals surface area contributed by atoms with Crippen molar-refractivity contribution in [3.8, 4) is 11.3 Å². The molecule has 7 nitrogen and oxygen atoms in total. The number of nitrogens with zero attached hydrogens (tertiary/aromatic N) is 3. The van der Waals surface area contributed by atoms with Crippen LogP contribution in [-0.4, -0.2) is 46.6 Å². The van der Waals surface area contributed by atoms with Crippen molar-refractivity contribution in [3.63, 3.8) is 0 Å². The molecule has 2 aromatic heterocycles. The predicted molar refractivity (Wildman–Crippen MR) is 107 cm³/mol. The fourth-order valence-electron chi connectivity index (χ4n) is 3.63. The molecule has 0 saturated carbocycles. The maximum atomic E-state index is 12.9. The van der Waals surface area contributed by atoms with Gasteiger partial charge in [0.2, 0.25) is 0 Å². The number of pyridine rings is 1. The summed E-state index contributed by atoms with van der Waals surface area (Å²) in [4.78, 5) is 31.6. The topological polar surface area (TPSA) is 85.5 Å². The molecule has 7 heteroatoms. The number of hydrogen-bond acceptors (Lipinski definition) is 6. The number of likely N-dealkylation sites (tertiary alicyclic amines) is 1. The van der Waals surface area contributed by atoms with E-state index in [1.807, 2.05) is 30.3 Å². The van der Waals surface area contributed by atoms with E-state index in [1.165, 1.54) is 0 Å². The molecule has 3 heterocycles. The van der Waals surface area contributed by atoms with Crippen LogP contribution < -0.4 is 0 Å². The maximum absolute atomic E-state index is 12.9. The molecule has 0 unspecified atom stereocenters. The molecule has 0 atom stereocenters. The predicted octanol–water partition coefficient (Wildman–Crippen LogP) is 3.76. The summed E-state index contributed by atoms with van der Waals surface area (Å²) in [5.74, 6) is -0.736. The lowest BCUT2D eigenvalue weighted by molar-refractivity contribution is -0.134. The Morgan fingerprint density at radius 3 is 2.55 bits per heavy atom. The van der Waals surface area contributed by atoms with Crippen LogP contribution in [0.2, 0.25) is 0 Å². The summed E-state index contributed by atoms with van der Waals surface area (Å²) >= 11 is 0. The molecule has 0 bridgehead atoms. The van der Waals surface area contributed by atoms with Gasteiger partial charge in [0.05, 0.1) is 22.3 Å². The summed E-state index contributed by atoms with van der Waals surface area (Å²) in [6.45, 7) is 2.92. The normalized spacial score (nSPS) is 14.6. The van der Waals surface area contributed by atoms with Gasteiger partial charge in [-0.05, 0) is 25.8 Å². The van der Waals surface area contributed by atoms with E-state index >= 15 is 0 Å². The van der Waals surface area contributed by atoms with Gasteiger partial charge < -0.3 is 14.2 Å². The minimum Gasteiger partial charge on any atom is -0.452 e. The molecule has 29 heavy (non-hydrogen) atoms. The Bertz CT molecular complexity index is 1020. The Morgan fingerprint density at radius 2 is 1.83 bits per heavy atom. The fourth-order valence-corrected chi connectivity index (χ4v) is 3.63. The molecule has 1 aliphatic heterocycles. The Morgan fingerprint density at radius 1 is 1.10 bits per heavy atom. The van der Waals surface area contributed by atoms with Crippen LogP contribution in [0.4, 0.5) is 0 Å². The molecular formula is C22H23N3O4. The van der Waals surface area contributed by atoms with Gasteiger partial charge >= 0.3 is 5.97 Å². The highest BCUT2D eigenvalue weighted by Crippen LogP contribution is 2.27. The van der Waals surface area contributed by atoms with E-state index in [0.717, 1.165) is 44.3 Å². The highest BCUT2D eigenvalue weighted by atomic mass is 16.5. The molecule has 0 aliphatic carbocycles. The molecule has 0 spiro atoms. The van der Waals surface area contributed by atoms with Gasteiger partial charge in [0.1, 0.15) is 0 Å². The molecular weight excluding hydrogens is 370 g/mol. The fraction of sp³-hybridized carbons (Fsp3) is 0.364. The number of amides is 1. The molecule has 150 valence electrons. The van der Waals surface area contributed by atoms with Gasteiger partial charge in [0.15, 0.2) is 6.61 Å². The Labute approximate surface area is 168 Å². The third-order valence-electron chi connectivity index (χ3n) is 5.19. The average Bonchev–Trinajstić information content (AvgIpc) is 2.95. The van der Waals surface area contributed by atoms with Crippen LogP contribution in [0, 0.1) is 6.92 Å². The number of esters is 1. The number of aryl methyl sites for hydroxylation is 1. The minimum atomic E-state index is -0.580. The number of ether oxygens (including phenoxy) is 1. The monoisotopic (exact) mass is 393 g/mol. The number of hydrogen-bond donors (Lipinski definition) is 0. The number of benzene rings is 1. The van der Waals surface area contributed by atoms with Crippen molar-refractivity contribution >= 4 is 23.0 Å². The lowest BCUT2D eigenvalue weighted by Gasteiger charge is -2.20. The Kier molecular flexibility index (Phi) is 5.55. The van der Waals surface area contributed by atoms with Crippen LogP contribution in [0.25, 0.3) is 22.4 Å². The van der Waals surface area contributed by atoms with Crippen molar-refractivity contribution in [2.75, 3.05) is 19.7 Å². The first-order valence-electron chi connectivity index (χ1n) is 9.91. The van der Waals surface area contributed by atoms with Gasteiger partial charge in [-0.25, -0.2) is 9.78 Å². The molecule has 0 N–H and O–H groups in total. The maximum Gasteiger partial charge on any atom is 0.339 e. The Balaban J connectivity index is 1.58. The van der Waals surface area contributed by atoms with Crippen LogP contribution in [0.1, 0.15) is 41.7 Å². The molecule has 1 amide bonds. The van der Waals surface area contributed by atoms with Crippen LogP contribution >= 0.6 is 0 Å². The third kappa shape index (κ3) is 4.13. The molecule has 1 aromatic carbocycles. The van der Waals surface area contributed by atoms with Crippen LogP contribution in [0.3, 0.4) is 0 Å². The minimum absolute atomic E-state index is 0.157.